The average molecular weight is 237 g/mol. The Morgan fingerprint density at radius 2 is 1.82 bits per heavy atom. The lowest BCUT2D eigenvalue weighted by atomic mass is 10.1. The Morgan fingerprint density at radius 3 is 2.35 bits per heavy atom. The van der Waals surface area contributed by atoms with Crippen LogP contribution < -0.4 is 15.2 Å². The monoisotopic (exact) mass is 237 g/mol. The number of methoxy groups -OCH3 is 3. The lowest BCUT2D eigenvalue weighted by Gasteiger charge is -2.14. The number of ether oxygens (including phenoxy) is 3. The van der Waals surface area contributed by atoms with E-state index in [-0.39, 0.29) is 0 Å². The van der Waals surface area contributed by atoms with Crippen LogP contribution in [0.1, 0.15) is 11.1 Å². The molecule has 0 aliphatic heterocycles. The van der Waals surface area contributed by atoms with E-state index in [0.29, 0.717) is 24.7 Å². The molecule has 0 aliphatic carbocycles. The molecule has 0 aliphatic rings. The second-order valence-corrected chi connectivity index (χ2v) is 3.45. The fourth-order valence-electron chi connectivity index (χ4n) is 1.65. The Kier molecular flexibility index (Phi) is 5.52. The van der Waals surface area contributed by atoms with Crippen LogP contribution in [0.5, 0.6) is 11.5 Å². The highest BCUT2D eigenvalue weighted by molar-refractivity contribution is 5.64. The van der Waals surface area contributed by atoms with Gasteiger partial charge in [0.25, 0.3) is 0 Å². The fraction of sp³-hybridized carbons (Fsp3) is 0.385. The van der Waals surface area contributed by atoms with Crippen molar-refractivity contribution in [3.05, 3.63) is 29.3 Å². The molecule has 1 rings (SSSR count). The van der Waals surface area contributed by atoms with Crippen LogP contribution in [0.15, 0.2) is 18.2 Å². The number of benzene rings is 1. The number of hydrogen-bond acceptors (Lipinski definition) is 4. The molecular weight excluding hydrogens is 218 g/mol. The van der Waals surface area contributed by atoms with Crippen molar-refractivity contribution in [3.63, 3.8) is 0 Å². The predicted octanol–water partition coefficient (Wildman–Crippen LogP) is 1.82. The minimum atomic E-state index is 0.487. The van der Waals surface area contributed by atoms with Crippen molar-refractivity contribution in [2.75, 3.05) is 27.9 Å². The Balaban J connectivity index is 3.21. The Morgan fingerprint density at radius 1 is 1.12 bits per heavy atom. The van der Waals surface area contributed by atoms with Gasteiger partial charge in [-0.2, -0.15) is 0 Å². The maximum Gasteiger partial charge on any atom is 0.168 e. The van der Waals surface area contributed by atoms with Gasteiger partial charge in [-0.25, -0.2) is 0 Å². The summed E-state index contributed by atoms with van der Waals surface area (Å²) in [6, 6.07) is 3.92. The molecule has 0 saturated heterocycles. The first-order valence-corrected chi connectivity index (χ1v) is 5.37. The lowest BCUT2D eigenvalue weighted by Crippen LogP contribution is -1.99. The maximum absolute atomic E-state index is 5.44. The largest absolute Gasteiger partial charge is 0.492 e. The molecule has 0 unspecified atom stereocenters. The number of hydrogen-bond donors (Lipinski definition) is 1. The number of rotatable bonds is 6. The quantitative estimate of drug-likeness (QED) is 0.820. The van der Waals surface area contributed by atoms with Gasteiger partial charge >= 0.3 is 0 Å². The fourth-order valence-corrected chi connectivity index (χ4v) is 1.65. The van der Waals surface area contributed by atoms with Crippen molar-refractivity contribution < 1.29 is 14.2 Å². The van der Waals surface area contributed by atoms with Crippen LogP contribution in [0.3, 0.4) is 0 Å². The third-order valence-electron chi connectivity index (χ3n) is 2.37. The van der Waals surface area contributed by atoms with E-state index in [2.05, 4.69) is 0 Å². The molecule has 0 atom stereocenters. The second-order valence-electron chi connectivity index (χ2n) is 3.45. The minimum Gasteiger partial charge on any atom is -0.492 e. The summed E-state index contributed by atoms with van der Waals surface area (Å²) >= 11 is 0. The van der Waals surface area contributed by atoms with E-state index in [4.69, 9.17) is 19.9 Å². The molecule has 1 aromatic carbocycles. The molecule has 0 fully saturated rings. The van der Waals surface area contributed by atoms with Crippen molar-refractivity contribution in [2.45, 2.75) is 6.61 Å². The van der Waals surface area contributed by atoms with E-state index >= 15 is 0 Å². The topological polar surface area (TPSA) is 53.7 Å². The third-order valence-corrected chi connectivity index (χ3v) is 2.37. The van der Waals surface area contributed by atoms with Crippen LogP contribution >= 0.6 is 0 Å². The average Bonchev–Trinajstić information content (AvgIpc) is 2.36. The van der Waals surface area contributed by atoms with Crippen molar-refractivity contribution in [3.8, 4) is 11.5 Å². The standard InChI is InChI=1S/C13H19NO3/c1-15-9-11-7-6-10(5-4-8-14)12(16-2)13(11)17-3/h4-7H,8-9,14H2,1-3H3/b5-4+. The first kappa shape index (κ1) is 13.5. The summed E-state index contributed by atoms with van der Waals surface area (Å²) in [5.74, 6) is 1.40. The molecule has 4 nitrogen and oxygen atoms in total. The highest BCUT2D eigenvalue weighted by Crippen LogP contribution is 2.35. The summed E-state index contributed by atoms with van der Waals surface area (Å²) in [5.41, 5.74) is 7.33. The zero-order valence-corrected chi connectivity index (χ0v) is 10.5. The Labute approximate surface area is 102 Å². The molecule has 0 spiro atoms. The highest BCUT2D eigenvalue weighted by atomic mass is 16.5. The third kappa shape index (κ3) is 3.22. The van der Waals surface area contributed by atoms with E-state index in [1.54, 1.807) is 21.3 Å². The van der Waals surface area contributed by atoms with Crippen LogP contribution in [0, 0.1) is 0 Å². The lowest BCUT2D eigenvalue weighted by molar-refractivity contribution is 0.181. The van der Waals surface area contributed by atoms with Gasteiger partial charge in [-0.15, -0.1) is 0 Å². The van der Waals surface area contributed by atoms with E-state index in [1.807, 2.05) is 24.3 Å². The van der Waals surface area contributed by atoms with E-state index in [1.165, 1.54) is 0 Å². The molecule has 94 valence electrons. The summed E-state index contributed by atoms with van der Waals surface area (Å²) in [5, 5.41) is 0. The van der Waals surface area contributed by atoms with Crippen LogP contribution in [0.2, 0.25) is 0 Å². The van der Waals surface area contributed by atoms with Crippen molar-refractivity contribution >= 4 is 6.08 Å². The SMILES string of the molecule is COCc1ccc(/C=C/CN)c(OC)c1OC. The molecule has 0 saturated carbocycles. The molecule has 1 aromatic rings. The van der Waals surface area contributed by atoms with Gasteiger partial charge in [0.1, 0.15) is 0 Å². The zero-order chi connectivity index (χ0) is 12.7. The van der Waals surface area contributed by atoms with Crippen molar-refractivity contribution in [1.29, 1.82) is 0 Å². The molecular formula is C13H19NO3. The van der Waals surface area contributed by atoms with Crippen LogP contribution in [-0.4, -0.2) is 27.9 Å². The minimum absolute atomic E-state index is 0.487. The summed E-state index contributed by atoms with van der Waals surface area (Å²) < 4.78 is 15.9. The summed E-state index contributed by atoms with van der Waals surface area (Å²) in [6.45, 7) is 0.978. The molecule has 0 amide bonds. The molecule has 4 heteroatoms. The summed E-state index contributed by atoms with van der Waals surface area (Å²) in [4.78, 5) is 0. The Bertz CT molecular complexity index is 388. The first-order valence-electron chi connectivity index (χ1n) is 5.37. The van der Waals surface area contributed by atoms with Gasteiger partial charge in [-0.3, -0.25) is 0 Å². The molecule has 0 radical (unpaired) electrons. The summed E-state index contributed by atoms with van der Waals surface area (Å²) in [7, 11) is 4.88. The van der Waals surface area contributed by atoms with Gasteiger partial charge in [-0.1, -0.05) is 24.3 Å². The Hall–Kier alpha value is -1.52. The highest BCUT2D eigenvalue weighted by Gasteiger charge is 2.13. The van der Waals surface area contributed by atoms with Gasteiger partial charge in [0.15, 0.2) is 11.5 Å². The molecule has 0 heterocycles. The molecule has 17 heavy (non-hydrogen) atoms. The van der Waals surface area contributed by atoms with Gasteiger partial charge in [0, 0.05) is 24.8 Å². The van der Waals surface area contributed by atoms with Crippen LogP contribution in [0.4, 0.5) is 0 Å². The van der Waals surface area contributed by atoms with E-state index in [0.717, 1.165) is 11.1 Å². The molecule has 0 bridgehead atoms. The van der Waals surface area contributed by atoms with Crippen molar-refractivity contribution in [2.24, 2.45) is 5.73 Å². The van der Waals surface area contributed by atoms with Crippen LogP contribution in [-0.2, 0) is 11.3 Å². The second kappa shape index (κ2) is 6.93. The maximum atomic E-state index is 5.44. The van der Waals surface area contributed by atoms with E-state index < -0.39 is 0 Å². The normalized spacial score (nSPS) is 10.8. The van der Waals surface area contributed by atoms with Gasteiger partial charge in [-0.05, 0) is 0 Å². The number of nitrogens with two attached hydrogens (primary N) is 1. The van der Waals surface area contributed by atoms with Crippen molar-refractivity contribution in [1.82, 2.24) is 0 Å². The van der Waals surface area contributed by atoms with Gasteiger partial charge in [0.2, 0.25) is 0 Å². The zero-order valence-electron chi connectivity index (χ0n) is 10.5. The smallest absolute Gasteiger partial charge is 0.168 e. The first-order chi connectivity index (χ1) is 8.28. The molecule has 2 N–H and O–H groups in total. The predicted molar refractivity (Wildman–Crippen MR) is 68.3 cm³/mol. The molecule has 0 aromatic heterocycles. The summed E-state index contributed by atoms with van der Waals surface area (Å²) in [6.07, 6.45) is 3.78. The van der Waals surface area contributed by atoms with Gasteiger partial charge in [0.05, 0.1) is 20.8 Å². The van der Waals surface area contributed by atoms with Gasteiger partial charge < -0.3 is 19.9 Å². The van der Waals surface area contributed by atoms with E-state index in [9.17, 15) is 0 Å². The van der Waals surface area contributed by atoms with Crippen LogP contribution in [0.25, 0.3) is 6.08 Å².